The first-order chi connectivity index (χ1) is 7.58. The maximum Gasteiger partial charge on any atom is 0.307 e. The summed E-state index contributed by atoms with van der Waals surface area (Å²) < 4.78 is 0.871. The van der Waals surface area contributed by atoms with Gasteiger partial charge in [-0.3, -0.25) is 9.59 Å². The van der Waals surface area contributed by atoms with Gasteiger partial charge in [-0.2, -0.15) is 0 Å². The zero-order valence-corrected chi connectivity index (χ0v) is 9.90. The number of rotatable bonds is 3. The van der Waals surface area contributed by atoms with Crippen LogP contribution in [0.5, 0.6) is 0 Å². The highest BCUT2D eigenvalue weighted by molar-refractivity contribution is 9.10. The molecule has 0 radical (unpaired) electrons. The Morgan fingerprint density at radius 2 is 2.12 bits per heavy atom. The molecule has 4 nitrogen and oxygen atoms in total. The van der Waals surface area contributed by atoms with Gasteiger partial charge in [0.2, 0.25) is 5.91 Å². The number of hydrogen-bond donors (Lipinski definition) is 2. The fourth-order valence-electron chi connectivity index (χ4n) is 1.56. The lowest BCUT2D eigenvalue weighted by atomic mass is 10.2. The number of hydrogen-bond acceptors (Lipinski definition) is 2. The normalized spacial score (nSPS) is 22.6. The third kappa shape index (κ3) is 2.41. The number of carboxylic acids is 1. The van der Waals surface area contributed by atoms with Crippen LogP contribution in [0.2, 0.25) is 0 Å². The molecule has 1 aromatic rings. The Kier molecular flexibility index (Phi) is 2.96. The van der Waals surface area contributed by atoms with Gasteiger partial charge in [0, 0.05) is 10.2 Å². The molecule has 2 rings (SSSR count). The summed E-state index contributed by atoms with van der Waals surface area (Å²) in [5, 5.41) is 11.4. The lowest BCUT2D eigenvalue weighted by molar-refractivity contribution is -0.139. The van der Waals surface area contributed by atoms with Crippen molar-refractivity contribution in [3.05, 3.63) is 28.7 Å². The van der Waals surface area contributed by atoms with Gasteiger partial charge in [0.1, 0.15) is 0 Å². The number of carbonyl (C=O) groups is 2. The van der Waals surface area contributed by atoms with Crippen LogP contribution in [0, 0.1) is 11.8 Å². The molecular formula is C11H10BrNO3. The van der Waals surface area contributed by atoms with Gasteiger partial charge < -0.3 is 10.4 Å². The first-order valence-corrected chi connectivity index (χ1v) is 5.66. The predicted octanol–water partition coefficient (Wildman–Crippen LogP) is 2.11. The fraction of sp³-hybridized carbons (Fsp3) is 0.273. The molecule has 1 aromatic carbocycles. The van der Waals surface area contributed by atoms with Gasteiger partial charge in [-0.05, 0) is 24.6 Å². The molecule has 1 aliphatic rings. The first-order valence-electron chi connectivity index (χ1n) is 4.87. The Morgan fingerprint density at radius 3 is 2.69 bits per heavy atom. The smallest absolute Gasteiger partial charge is 0.307 e. The topological polar surface area (TPSA) is 66.4 Å². The van der Waals surface area contributed by atoms with Crippen molar-refractivity contribution in [2.45, 2.75) is 6.42 Å². The zero-order chi connectivity index (χ0) is 11.7. The first kappa shape index (κ1) is 11.1. The van der Waals surface area contributed by atoms with Crippen LogP contribution < -0.4 is 5.32 Å². The van der Waals surface area contributed by atoms with E-state index in [9.17, 15) is 9.59 Å². The van der Waals surface area contributed by atoms with Gasteiger partial charge in [-0.1, -0.05) is 22.0 Å². The summed E-state index contributed by atoms with van der Waals surface area (Å²) in [5.41, 5.74) is 0.676. The van der Waals surface area contributed by atoms with Gasteiger partial charge in [-0.15, -0.1) is 0 Å². The second-order valence-electron chi connectivity index (χ2n) is 3.79. The van der Waals surface area contributed by atoms with Crippen molar-refractivity contribution < 1.29 is 14.7 Å². The molecule has 0 heterocycles. The SMILES string of the molecule is O=C(O)C1CC1C(=O)Nc1cccc(Br)c1. The van der Waals surface area contributed by atoms with Crippen molar-refractivity contribution in [1.29, 1.82) is 0 Å². The number of nitrogens with one attached hydrogen (secondary N) is 1. The van der Waals surface area contributed by atoms with E-state index in [1.165, 1.54) is 0 Å². The highest BCUT2D eigenvalue weighted by Gasteiger charge is 2.48. The minimum absolute atomic E-state index is 0.217. The summed E-state index contributed by atoms with van der Waals surface area (Å²) in [7, 11) is 0. The molecule has 1 saturated carbocycles. The van der Waals surface area contributed by atoms with Crippen molar-refractivity contribution in [1.82, 2.24) is 0 Å². The molecule has 2 N–H and O–H groups in total. The molecular weight excluding hydrogens is 274 g/mol. The maximum atomic E-state index is 11.6. The molecule has 0 aromatic heterocycles. The van der Waals surface area contributed by atoms with Crippen LogP contribution in [-0.4, -0.2) is 17.0 Å². The van der Waals surface area contributed by atoms with Crippen LogP contribution in [0.3, 0.4) is 0 Å². The van der Waals surface area contributed by atoms with Crippen LogP contribution in [0.1, 0.15) is 6.42 Å². The Balaban J connectivity index is 1.96. The number of benzene rings is 1. The van der Waals surface area contributed by atoms with E-state index < -0.39 is 11.9 Å². The summed E-state index contributed by atoms with van der Waals surface area (Å²) in [6.07, 6.45) is 0.440. The average molecular weight is 284 g/mol. The lowest BCUT2D eigenvalue weighted by Crippen LogP contribution is -2.16. The van der Waals surface area contributed by atoms with E-state index in [2.05, 4.69) is 21.2 Å². The molecule has 2 unspecified atom stereocenters. The molecule has 0 aliphatic heterocycles. The van der Waals surface area contributed by atoms with Crippen molar-refractivity contribution in [2.75, 3.05) is 5.32 Å². The molecule has 1 fully saturated rings. The number of amides is 1. The number of halogens is 1. The molecule has 1 aliphatic carbocycles. The molecule has 84 valence electrons. The number of carboxylic acid groups (broad SMARTS) is 1. The van der Waals surface area contributed by atoms with E-state index in [4.69, 9.17) is 5.11 Å². The standard InChI is InChI=1S/C11H10BrNO3/c12-6-2-1-3-7(4-6)13-10(14)8-5-9(8)11(15)16/h1-4,8-9H,5H2,(H,13,14)(H,15,16). The van der Waals surface area contributed by atoms with Crippen LogP contribution in [0.15, 0.2) is 28.7 Å². The second kappa shape index (κ2) is 4.25. The van der Waals surface area contributed by atoms with E-state index >= 15 is 0 Å². The summed E-state index contributed by atoms with van der Waals surface area (Å²) in [6.45, 7) is 0. The molecule has 0 bridgehead atoms. The molecule has 2 atom stereocenters. The maximum absolute atomic E-state index is 11.6. The Labute approximate surface area is 101 Å². The molecule has 5 heteroatoms. The van der Waals surface area contributed by atoms with Crippen LogP contribution in [-0.2, 0) is 9.59 Å². The van der Waals surface area contributed by atoms with Gasteiger partial charge >= 0.3 is 5.97 Å². The fourth-order valence-corrected chi connectivity index (χ4v) is 1.96. The van der Waals surface area contributed by atoms with Crippen LogP contribution >= 0.6 is 15.9 Å². The Bertz CT molecular complexity index is 447. The van der Waals surface area contributed by atoms with Crippen molar-refractivity contribution >= 4 is 33.5 Å². The highest BCUT2D eigenvalue weighted by Crippen LogP contribution is 2.39. The quantitative estimate of drug-likeness (QED) is 0.893. The number of anilines is 1. The minimum Gasteiger partial charge on any atom is -0.481 e. The van der Waals surface area contributed by atoms with Gasteiger partial charge in [0.25, 0.3) is 0 Å². The average Bonchev–Trinajstić information content (AvgIpc) is 2.96. The monoisotopic (exact) mass is 283 g/mol. The van der Waals surface area contributed by atoms with E-state index in [1.807, 2.05) is 6.07 Å². The number of carbonyl (C=O) groups excluding carboxylic acids is 1. The van der Waals surface area contributed by atoms with E-state index in [-0.39, 0.29) is 11.8 Å². The zero-order valence-electron chi connectivity index (χ0n) is 8.31. The Morgan fingerprint density at radius 1 is 1.38 bits per heavy atom. The van der Waals surface area contributed by atoms with E-state index in [0.29, 0.717) is 12.1 Å². The van der Waals surface area contributed by atoms with Gasteiger partial charge in [-0.25, -0.2) is 0 Å². The lowest BCUT2D eigenvalue weighted by Gasteiger charge is -2.04. The predicted molar refractivity (Wildman–Crippen MR) is 62.0 cm³/mol. The Hall–Kier alpha value is -1.36. The second-order valence-corrected chi connectivity index (χ2v) is 4.70. The van der Waals surface area contributed by atoms with Crippen LogP contribution in [0.25, 0.3) is 0 Å². The molecule has 1 amide bonds. The van der Waals surface area contributed by atoms with E-state index in [0.717, 1.165) is 4.47 Å². The summed E-state index contributed by atoms with van der Waals surface area (Å²) in [4.78, 5) is 22.2. The van der Waals surface area contributed by atoms with Crippen molar-refractivity contribution in [2.24, 2.45) is 11.8 Å². The van der Waals surface area contributed by atoms with Crippen molar-refractivity contribution in [3.63, 3.8) is 0 Å². The highest BCUT2D eigenvalue weighted by atomic mass is 79.9. The van der Waals surface area contributed by atoms with Gasteiger partial charge in [0.05, 0.1) is 11.8 Å². The minimum atomic E-state index is -0.894. The largest absolute Gasteiger partial charge is 0.481 e. The summed E-state index contributed by atoms with van der Waals surface area (Å²) in [6, 6.07) is 7.20. The summed E-state index contributed by atoms with van der Waals surface area (Å²) >= 11 is 3.29. The molecule has 0 saturated heterocycles. The molecule has 0 spiro atoms. The van der Waals surface area contributed by atoms with Gasteiger partial charge in [0.15, 0.2) is 0 Å². The third-order valence-corrected chi connectivity index (χ3v) is 3.03. The van der Waals surface area contributed by atoms with Crippen LogP contribution in [0.4, 0.5) is 5.69 Å². The number of aliphatic carboxylic acids is 1. The van der Waals surface area contributed by atoms with E-state index in [1.54, 1.807) is 18.2 Å². The summed E-state index contributed by atoms with van der Waals surface area (Å²) in [5.74, 6) is -2.00. The molecule has 16 heavy (non-hydrogen) atoms. The van der Waals surface area contributed by atoms with Crippen molar-refractivity contribution in [3.8, 4) is 0 Å². The third-order valence-electron chi connectivity index (χ3n) is 2.54.